The fraction of sp³-hybridized carbons (Fsp3) is 0.655. The van der Waals surface area contributed by atoms with E-state index in [-0.39, 0.29) is 27.9 Å². The average molecular weight is 701 g/mol. The smallest absolute Gasteiger partial charge is 0.236 e. The number of anilines is 2. The first-order valence-corrected chi connectivity index (χ1v) is 18.6. The molecular weight excluding hydrogens is 651 g/mol. The Morgan fingerprint density at radius 1 is 1.02 bits per heavy atom. The number of nitrogens with one attached hydrogen (secondary N) is 1. The normalized spacial score (nSPS) is 13.9. The number of halogens is 1. The molecule has 0 spiro atoms. The highest BCUT2D eigenvalue weighted by atomic mass is 127. The van der Waals surface area contributed by atoms with Gasteiger partial charge in [0.25, 0.3) is 0 Å². The third-order valence-electron chi connectivity index (χ3n) is 7.09. The number of methoxy groups -OCH3 is 1. The zero-order valence-corrected chi connectivity index (χ0v) is 30.7. The molecule has 2 aromatic rings. The molecule has 0 aliphatic rings. The van der Waals surface area contributed by atoms with Gasteiger partial charge in [-0.05, 0) is 77.7 Å². The summed E-state index contributed by atoms with van der Waals surface area (Å²) in [6.07, 6.45) is 1.61. The van der Waals surface area contributed by atoms with Crippen LogP contribution >= 0.6 is 22.6 Å². The summed E-state index contributed by atoms with van der Waals surface area (Å²) in [6.45, 7) is 26.6. The monoisotopic (exact) mass is 700 g/mol. The van der Waals surface area contributed by atoms with Crippen LogP contribution < -0.4 is 20.5 Å². The highest BCUT2D eigenvalue weighted by molar-refractivity contribution is 14.1. The summed E-state index contributed by atoms with van der Waals surface area (Å²) in [7, 11) is -0.0133. The van der Waals surface area contributed by atoms with Gasteiger partial charge in [-0.15, -0.1) is 0 Å². The highest BCUT2D eigenvalue weighted by Crippen LogP contribution is 2.39. The lowest BCUT2D eigenvalue weighted by molar-refractivity contribution is 0.0639. The molecule has 2 rings (SSSR count). The molecule has 0 amide bonds. The van der Waals surface area contributed by atoms with Gasteiger partial charge in [-0.3, -0.25) is 0 Å². The zero-order valence-electron chi connectivity index (χ0n) is 26.6. The summed E-state index contributed by atoms with van der Waals surface area (Å²) in [6, 6.07) is 3.74. The Morgan fingerprint density at radius 3 is 2.15 bits per heavy atom. The number of ether oxygens (including phenoxy) is 2. The lowest BCUT2D eigenvalue weighted by Crippen LogP contribution is -2.52. The molecule has 0 fully saturated rings. The molecule has 1 atom stereocenters. The molecule has 0 aliphatic carbocycles. The van der Waals surface area contributed by atoms with Crippen molar-refractivity contribution in [2.75, 3.05) is 24.8 Å². The van der Waals surface area contributed by atoms with Crippen LogP contribution in [0.25, 0.3) is 0 Å². The number of rotatable bonds is 12. The van der Waals surface area contributed by atoms with Crippen molar-refractivity contribution in [3.8, 4) is 17.2 Å². The van der Waals surface area contributed by atoms with Crippen LogP contribution in [-0.2, 0) is 8.85 Å². The summed E-state index contributed by atoms with van der Waals surface area (Å²) in [5.41, 5.74) is 6.86. The molecule has 0 saturated carbocycles. The Bertz CT molecular complexity index is 1150. The van der Waals surface area contributed by atoms with E-state index in [0.717, 1.165) is 14.9 Å². The van der Waals surface area contributed by atoms with Crippen LogP contribution in [0.15, 0.2) is 18.3 Å². The minimum Gasteiger partial charge on any atom is -0.496 e. The molecule has 8 nitrogen and oxygen atoms in total. The molecular formula is C29H49IN4O4Si2. The van der Waals surface area contributed by atoms with Gasteiger partial charge in [-0.2, -0.15) is 4.98 Å². The van der Waals surface area contributed by atoms with E-state index in [1.165, 1.54) is 0 Å². The topological polar surface area (TPSA) is 101 Å². The van der Waals surface area contributed by atoms with Crippen molar-refractivity contribution in [2.45, 2.75) is 110 Å². The number of nitrogens with two attached hydrogens (primary N) is 1. The van der Waals surface area contributed by atoms with Crippen molar-refractivity contribution in [2.24, 2.45) is 0 Å². The van der Waals surface area contributed by atoms with Gasteiger partial charge in [0.1, 0.15) is 11.5 Å². The van der Waals surface area contributed by atoms with Gasteiger partial charge in [0.15, 0.2) is 19.9 Å². The van der Waals surface area contributed by atoms with Crippen LogP contribution in [0.5, 0.6) is 17.2 Å². The zero-order chi connectivity index (χ0) is 30.7. The second kappa shape index (κ2) is 13.3. The fourth-order valence-corrected chi connectivity index (χ4v) is 5.72. The predicted octanol–water partition coefficient (Wildman–Crippen LogP) is 8.02. The largest absolute Gasteiger partial charge is 0.496 e. The minimum absolute atomic E-state index is 0.0517. The molecule has 1 unspecified atom stereocenters. The van der Waals surface area contributed by atoms with Gasteiger partial charge in [-0.25, -0.2) is 4.98 Å². The van der Waals surface area contributed by atoms with Crippen LogP contribution in [-0.4, -0.2) is 53.4 Å². The quantitative estimate of drug-likeness (QED) is 0.170. The van der Waals surface area contributed by atoms with Gasteiger partial charge in [-0.1, -0.05) is 55.4 Å². The molecule has 1 heterocycles. The maximum atomic E-state index is 6.62. The third kappa shape index (κ3) is 9.57. The molecule has 0 bridgehead atoms. The summed E-state index contributed by atoms with van der Waals surface area (Å²) >= 11 is 2.23. The second-order valence-corrected chi connectivity index (χ2v) is 21.4. The van der Waals surface area contributed by atoms with Gasteiger partial charge >= 0.3 is 0 Å². The van der Waals surface area contributed by atoms with E-state index in [0.29, 0.717) is 33.8 Å². The average Bonchev–Trinajstić information content (AvgIpc) is 2.80. The van der Waals surface area contributed by atoms with Crippen molar-refractivity contribution >= 4 is 52.4 Å². The maximum Gasteiger partial charge on any atom is 0.236 e. The van der Waals surface area contributed by atoms with Gasteiger partial charge < -0.3 is 29.4 Å². The number of hydrogen-bond donors (Lipinski definition) is 2. The van der Waals surface area contributed by atoms with Crippen molar-refractivity contribution in [1.29, 1.82) is 0 Å². The Morgan fingerprint density at radius 2 is 1.65 bits per heavy atom. The summed E-state index contributed by atoms with van der Waals surface area (Å²) in [4.78, 5) is 9.13. The SMILES string of the molecule is COc1cc(C(C)C)c(Oc2cnc(NC(CO[Si](C)(C)C(C)(C)C)C(C)(C)O[Si]C(C)(C)C)nc2N)cc1I. The molecule has 1 aromatic heterocycles. The van der Waals surface area contributed by atoms with Crippen molar-refractivity contribution < 1.29 is 18.3 Å². The molecule has 11 heteroatoms. The number of benzene rings is 1. The first-order valence-electron chi connectivity index (χ1n) is 13.7. The maximum absolute atomic E-state index is 6.62. The van der Waals surface area contributed by atoms with Gasteiger partial charge in [0.2, 0.25) is 15.7 Å². The Labute approximate surface area is 259 Å². The van der Waals surface area contributed by atoms with E-state index in [4.69, 9.17) is 24.1 Å². The van der Waals surface area contributed by atoms with Gasteiger partial charge in [0.05, 0.1) is 35.1 Å². The van der Waals surface area contributed by atoms with Crippen LogP contribution in [0.3, 0.4) is 0 Å². The van der Waals surface area contributed by atoms with Gasteiger partial charge in [0, 0.05) is 5.56 Å². The van der Waals surface area contributed by atoms with E-state index < -0.39 is 13.9 Å². The van der Waals surface area contributed by atoms with Crippen LogP contribution in [0, 0.1) is 3.57 Å². The number of hydrogen-bond acceptors (Lipinski definition) is 8. The van der Waals surface area contributed by atoms with E-state index in [2.05, 4.69) is 120 Å². The second-order valence-electron chi connectivity index (χ2n) is 13.6. The number of aromatic nitrogens is 2. The van der Waals surface area contributed by atoms with Crippen molar-refractivity contribution in [3.05, 3.63) is 27.5 Å². The van der Waals surface area contributed by atoms with E-state index in [1.807, 2.05) is 12.1 Å². The molecule has 224 valence electrons. The first-order chi connectivity index (χ1) is 18.2. The predicted molar refractivity (Wildman–Crippen MR) is 178 cm³/mol. The third-order valence-corrected chi connectivity index (χ3v) is 13.7. The standard InChI is InChI=1S/C29H49IN4O4Si2/c1-18(2)19-14-22(35-11)20(30)15-21(19)37-23-16-32-26(34-25(23)31)33-24(17-36-40(12,13)28(6,7)8)29(9,10)38-39-27(3,4)5/h14-16,18,24H,17H2,1-13H3,(H3,31,32,33,34). The Balaban J connectivity index is 2.34. The molecule has 1 aromatic carbocycles. The van der Waals surface area contributed by atoms with Crippen molar-refractivity contribution in [3.63, 3.8) is 0 Å². The summed E-state index contributed by atoms with van der Waals surface area (Å²) < 4.78 is 25.8. The molecule has 40 heavy (non-hydrogen) atoms. The Hall–Kier alpha value is -1.42. The summed E-state index contributed by atoms with van der Waals surface area (Å²) in [5.74, 6) is 2.78. The van der Waals surface area contributed by atoms with E-state index in [9.17, 15) is 0 Å². The highest BCUT2D eigenvalue weighted by Gasteiger charge is 2.40. The lowest BCUT2D eigenvalue weighted by atomic mass is 10.00. The van der Waals surface area contributed by atoms with Crippen LogP contribution in [0.4, 0.5) is 11.8 Å². The minimum atomic E-state index is -2.00. The Kier molecular flexibility index (Phi) is 11.5. The van der Waals surface area contributed by atoms with Crippen LogP contribution in [0.2, 0.25) is 23.2 Å². The lowest BCUT2D eigenvalue weighted by Gasteiger charge is -2.41. The van der Waals surface area contributed by atoms with Crippen LogP contribution in [0.1, 0.15) is 80.7 Å². The molecule has 3 N–H and O–H groups in total. The number of nitrogen functional groups attached to an aromatic ring is 1. The van der Waals surface area contributed by atoms with E-state index >= 15 is 0 Å². The fourth-order valence-electron chi connectivity index (χ4n) is 3.33. The molecule has 0 aliphatic heterocycles. The molecule has 2 radical (unpaired) electrons. The first kappa shape index (κ1) is 34.8. The number of nitrogens with zero attached hydrogens (tertiary/aromatic N) is 2. The molecule has 0 saturated heterocycles. The summed E-state index contributed by atoms with van der Waals surface area (Å²) in [5, 5.41) is 3.61. The van der Waals surface area contributed by atoms with Crippen molar-refractivity contribution in [1.82, 2.24) is 9.97 Å². The van der Waals surface area contributed by atoms with E-state index in [1.54, 1.807) is 13.3 Å².